The van der Waals surface area contributed by atoms with Gasteiger partial charge in [-0.15, -0.1) is 0 Å². The number of hydrogen-bond acceptors (Lipinski definition) is 6. The molecule has 11 heteroatoms. The first-order valence-corrected chi connectivity index (χ1v) is 12.8. The van der Waals surface area contributed by atoms with Gasteiger partial charge in [0, 0.05) is 62.3 Å². The Morgan fingerprint density at radius 2 is 1.76 bits per heavy atom. The number of piperazine rings is 1. The van der Waals surface area contributed by atoms with Crippen LogP contribution in [0, 0.1) is 11.3 Å². The Morgan fingerprint density at radius 1 is 1.11 bits per heavy atom. The number of benzene rings is 2. The third-order valence-corrected chi connectivity index (χ3v) is 7.94. The van der Waals surface area contributed by atoms with Crippen LogP contribution in [0.4, 0.5) is 10.5 Å². The zero-order valence-corrected chi connectivity index (χ0v) is 21.8. The van der Waals surface area contributed by atoms with Gasteiger partial charge in [0.05, 0.1) is 23.9 Å². The fourth-order valence-corrected chi connectivity index (χ4v) is 6.13. The smallest absolute Gasteiger partial charge is 0.332 e. The number of hydrogen-bond donors (Lipinski definition) is 1. The van der Waals surface area contributed by atoms with E-state index in [-0.39, 0.29) is 19.0 Å². The van der Waals surface area contributed by atoms with Crippen molar-refractivity contribution in [2.24, 2.45) is 0 Å². The molecule has 5 rings (SSSR count). The van der Waals surface area contributed by atoms with E-state index in [9.17, 15) is 19.6 Å². The predicted octanol–water partition coefficient (Wildman–Crippen LogP) is 2.53. The van der Waals surface area contributed by atoms with E-state index in [1.54, 1.807) is 19.2 Å². The van der Waals surface area contributed by atoms with Gasteiger partial charge in [0.1, 0.15) is 5.54 Å². The summed E-state index contributed by atoms with van der Waals surface area (Å²) >= 11 is 12.4. The summed E-state index contributed by atoms with van der Waals surface area (Å²) < 4.78 is 0. The van der Waals surface area contributed by atoms with Gasteiger partial charge in [-0.3, -0.25) is 14.5 Å². The number of likely N-dealkylation sites (N-methyl/N-ethyl adjacent to an activating group) is 1. The monoisotopic (exact) mass is 540 g/mol. The number of amides is 4. The third kappa shape index (κ3) is 4.44. The molecule has 9 nitrogen and oxygen atoms in total. The summed E-state index contributed by atoms with van der Waals surface area (Å²) in [7, 11) is 1.62. The Hall–Kier alpha value is -3.16. The van der Waals surface area contributed by atoms with Crippen LogP contribution >= 0.6 is 23.2 Å². The summed E-state index contributed by atoms with van der Waals surface area (Å²) in [6, 6.07) is 13.3. The van der Waals surface area contributed by atoms with Crippen molar-refractivity contribution in [1.29, 1.82) is 5.26 Å². The summed E-state index contributed by atoms with van der Waals surface area (Å²) in [5.41, 5.74) is 0.364. The maximum atomic E-state index is 14.2. The second kappa shape index (κ2) is 9.95. The highest BCUT2D eigenvalue weighted by atomic mass is 35.5. The molecule has 2 aromatic rings. The molecule has 2 unspecified atom stereocenters. The topological polar surface area (TPSA) is 100.0 Å². The first kappa shape index (κ1) is 25.5. The highest BCUT2D eigenvalue weighted by molar-refractivity contribution is 6.35. The van der Waals surface area contributed by atoms with Gasteiger partial charge in [-0.05, 0) is 35.9 Å². The average Bonchev–Trinajstić information content (AvgIpc) is 3.35. The normalized spacial score (nSPS) is 24.3. The number of rotatable bonds is 4. The first-order chi connectivity index (χ1) is 17.7. The molecule has 0 bridgehead atoms. The van der Waals surface area contributed by atoms with Gasteiger partial charge < -0.3 is 15.1 Å². The van der Waals surface area contributed by atoms with Gasteiger partial charge >= 0.3 is 6.03 Å². The van der Waals surface area contributed by atoms with E-state index in [2.05, 4.69) is 11.4 Å². The quantitative estimate of drug-likeness (QED) is 0.598. The molecule has 4 amide bonds. The average molecular weight is 541 g/mol. The van der Waals surface area contributed by atoms with Gasteiger partial charge in [0.25, 0.3) is 5.91 Å². The Morgan fingerprint density at radius 3 is 2.38 bits per heavy atom. The third-order valence-electron chi connectivity index (χ3n) is 7.51. The van der Waals surface area contributed by atoms with Crippen molar-refractivity contribution in [3.05, 3.63) is 63.6 Å². The summed E-state index contributed by atoms with van der Waals surface area (Å²) in [6.45, 7) is 3.51. The SMILES string of the molecule is CN1C(=O)N(c2cc(Cl)cc(Cl)c2)C(=O)C12CN(CC(=O)N1CCNCC1)CC2c1ccc(C#N)cc1. The number of nitrogens with one attached hydrogen (secondary N) is 1. The fourth-order valence-electron chi connectivity index (χ4n) is 5.62. The Balaban J connectivity index is 1.52. The molecule has 3 saturated heterocycles. The molecule has 192 valence electrons. The molecule has 0 saturated carbocycles. The number of carbonyl (C=O) groups excluding carboxylic acids is 3. The molecule has 1 N–H and O–H groups in total. The van der Waals surface area contributed by atoms with Crippen molar-refractivity contribution in [3.8, 4) is 6.07 Å². The standard InChI is InChI=1S/C26H26Cl2N6O3/c1-31-25(37)34(21-11-19(27)10-20(28)12-21)24(36)26(31)16-32(15-23(35)33-8-6-30-7-9-33)14-22(26)18-4-2-17(13-29)3-5-18/h2-5,10-12,22,30H,6-9,14-16H2,1H3. The van der Waals surface area contributed by atoms with Crippen LogP contribution in [0.3, 0.4) is 0 Å². The number of nitriles is 1. The summed E-state index contributed by atoms with van der Waals surface area (Å²) in [5, 5.41) is 13.1. The van der Waals surface area contributed by atoms with Crippen LogP contribution < -0.4 is 10.2 Å². The first-order valence-electron chi connectivity index (χ1n) is 12.0. The molecule has 0 aliphatic carbocycles. The number of imide groups is 1. The predicted molar refractivity (Wildman–Crippen MR) is 140 cm³/mol. The summed E-state index contributed by atoms with van der Waals surface area (Å²) in [6.07, 6.45) is 0. The van der Waals surface area contributed by atoms with Gasteiger partial charge in [-0.2, -0.15) is 5.26 Å². The molecule has 0 aromatic heterocycles. The maximum Gasteiger partial charge on any atom is 0.332 e. The molecule has 3 aliphatic rings. The van der Waals surface area contributed by atoms with Crippen molar-refractivity contribution in [1.82, 2.24) is 20.0 Å². The lowest BCUT2D eigenvalue weighted by atomic mass is 9.80. The number of nitrogens with zero attached hydrogens (tertiary/aromatic N) is 5. The Labute approximate surface area is 225 Å². The molecular formula is C26H26Cl2N6O3. The lowest BCUT2D eigenvalue weighted by Crippen LogP contribution is -2.54. The zero-order chi connectivity index (χ0) is 26.3. The van der Waals surface area contributed by atoms with E-state index >= 15 is 0 Å². The van der Waals surface area contributed by atoms with E-state index < -0.39 is 23.4 Å². The van der Waals surface area contributed by atoms with Gasteiger partial charge in [-0.25, -0.2) is 9.69 Å². The van der Waals surface area contributed by atoms with Crippen LogP contribution in [0.1, 0.15) is 17.0 Å². The summed E-state index contributed by atoms with van der Waals surface area (Å²) in [5.74, 6) is -0.822. The number of anilines is 1. The molecule has 0 radical (unpaired) electrons. The molecule has 2 aromatic carbocycles. The van der Waals surface area contributed by atoms with Crippen LogP contribution in [-0.2, 0) is 9.59 Å². The molecule has 2 atom stereocenters. The number of likely N-dealkylation sites (tertiary alicyclic amines) is 1. The van der Waals surface area contributed by atoms with Crippen LogP contribution in [-0.4, -0.2) is 90.9 Å². The molecule has 3 aliphatic heterocycles. The van der Waals surface area contributed by atoms with Crippen molar-refractivity contribution in [3.63, 3.8) is 0 Å². The van der Waals surface area contributed by atoms with E-state index in [0.717, 1.165) is 23.6 Å². The number of urea groups is 1. The molecule has 1 spiro atoms. The Kier molecular flexibility index (Phi) is 6.86. The Bertz CT molecular complexity index is 1270. The van der Waals surface area contributed by atoms with Crippen LogP contribution in [0.25, 0.3) is 0 Å². The highest BCUT2D eigenvalue weighted by Gasteiger charge is 2.64. The second-order valence-corrected chi connectivity index (χ2v) is 10.5. The maximum absolute atomic E-state index is 14.2. The second-order valence-electron chi connectivity index (χ2n) is 9.62. The minimum absolute atomic E-state index is 0.00460. The van der Waals surface area contributed by atoms with Crippen molar-refractivity contribution >= 4 is 46.7 Å². The van der Waals surface area contributed by atoms with Crippen LogP contribution in [0.5, 0.6) is 0 Å². The van der Waals surface area contributed by atoms with Gasteiger partial charge in [-0.1, -0.05) is 35.3 Å². The largest absolute Gasteiger partial charge is 0.339 e. The van der Waals surface area contributed by atoms with Crippen molar-refractivity contribution in [2.45, 2.75) is 11.5 Å². The number of halogens is 2. The molecule has 37 heavy (non-hydrogen) atoms. The fraction of sp³-hybridized carbons (Fsp3) is 0.385. The molecule has 3 heterocycles. The molecule has 3 fully saturated rings. The lowest BCUT2D eigenvalue weighted by Gasteiger charge is -2.34. The van der Waals surface area contributed by atoms with E-state index in [0.29, 0.717) is 40.9 Å². The van der Waals surface area contributed by atoms with Crippen LogP contribution in [0.15, 0.2) is 42.5 Å². The minimum Gasteiger partial charge on any atom is -0.339 e. The van der Waals surface area contributed by atoms with E-state index in [4.69, 9.17) is 23.2 Å². The van der Waals surface area contributed by atoms with Gasteiger partial charge in [0.15, 0.2) is 0 Å². The van der Waals surface area contributed by atoms with Gasteiger partial charge in [0.2, 0.25) is 5.91 Å². The summed E-state index contributed by atoms with van der Waals surface area (Å²) in [4.78, 5) is 47.2. The van der Waals surface area contributed by atoms with E-state index in [1.807, 2.05) is 21.9 Å². The molecular weight excluding hydrogens is 515 g/mol. The van der Waals surface area contributed by atoms with Crippen LogP contribution in [0.2, 0.25) is 10.0 Å². The zero-order valence-electron chi connectivity index (χ0n) is 20.3. The lowest BCUT2D eigenvalue weighted by molar-refractivity contribution is -0.133. The highest BCUT2D eigenvalue weighted by Crippen LogP contribution is 2.46. The van der Waals surface area contributed by atoms with Crippen molar-refractivity contribution < 1.29 is 14.4 Å². The number of carbonyl (C=O) groups is 3. The van der Waals surface area contributed by atoms with Crippen molar-refractivity contribution in [2.75, 3.05) is 57.8 Å². The minimum atomic E-state index is -1.25. The van der Waals surface area contributed by atoms with E-state index in [1.165, 1.54) is 23.1 Å².